The van der Waals surface area contributed by atoms with E-state index in [2.05, 4.69) is 71.1 Å². The zero-order valence-corrected chi connectivity index (χ0v) is 55.3. The van der Waals surface area contributed by atoms with E-state index in [1.54, 1.807) is 106 Å². The number of benzene rings is 3. The van der Waals surface area contributed by atoms with E-state index >= 15 is 0 Å². The molecule has 0 aliphatic carbocycles. The summed E-state index contributed by atoms with van der Waals surface area (Å²) in [5.74, 6) is 6.39. The molecule has 30 nitrogen and oxygen atoms in total. The lowest BCUT2D eigenvalue weighted by molar-refractivity contribution is -0.186. The van der Waals surface area contributed by atoms with Crippen LogP contribution in [0.5, 0.6) is 17.2 Å². The van der Waals surface area contributed by atoms with Gasteiger partial charge in [-0.3, -0.25) is 32.8 Å². The van der Waals surface area contributed by atoms with Crippen LogP contribution in [0.4, 0.5) is 34.9 Å². The van der Waals surface area contributed by atoms with Gasteiger partial charge in [0.2, 0.25) is 17.8 Å². The van der Waals surface area contributed by atoms with Gasteiger partial charge in [0.15, 0.2) is 12.6 Å². The number of carbonyl (C=O) groups excluding carboxylic acids is 2. The Morgan fingerprint density at radius 3 is 1.15 bits per heavy atom. The summed E-state index contributed by atoms with van der Waals surface area (Å²) >= 11 is 0. The van der Waals surface area contributed by atoms with Crippen LogP contribution < -0.4 is 47.0 Å². The van der Waals surface area contributed by atoms with Gasteiger partial charge in [0.25, 0.3) is 11.8 Å². The predicted molar refractivity (Wildman–Crippen MR) is 369 cm³/mol. The third-order valence-corrected chi connectivity index (χ3v) is 15.7. The van der Waals surface area contributed by atoms with Crippen molar-refractivity contribution in [3.05, 3.63) is 198 Å². The fourth-order valence-corrected chi connectivity index (χ4v) is 10.7. The second-order valence-corrected chi connectivity index (χ2v) is 22.5. The van der Waals surface area contributed by atoms with Crippen molar-refractivity contribution in [3.8, 4) is 51.4 Å². The summed E-state index contributed by atoms with van der Waals surface area (Å²) in [7, 11) is 4.87. The summed E-state index contributed by atoms with van der Waals surface area (Å²) in [5, 5.41) is 27.1. The summed E-state index contributed by atoms with van der Waals surface area (Å²) in [5.41, 5.74) is 16.8. The molecule has 0 spiro atoms. The molecule has 3 aromatic carbocycles. The number of nitrogens with one attached hydrogen (secondary N) is 5. The molecule has 0 saturated carbocycles. The van der Waals surface area contributed by atoms with Gasteiger partial charge in [-0.1, -0.05) is 0 Å². The number of carbonyl (C=O) groups is 3. The molecule has 0 bridgehead atoms. The number of methoxy groups -OCH3 is 3. The van der Waals surface area contributed by atoms with Crippen LogP contribution in [0.25, 0.3) is 51.1 Å². The van der Waals surface area contributed by atoms with E-state index < -0.39 is 18.2 Å². The van der Waals surface area contributed by atoms with Crippen LogP contribution in [0.1, 0.15) is 86.7 Å². The topological polar surface area (TPSA) is 372 Å². The molecular formula is C70H72N18O12. The number of hydrogen-bond donors (Lipinski definition) is 8. The van der Waals surface area contributed by atoms with E-state index in [0.717, 1.165) is 118 Å². The number of hydrogen-bond acceptors (Lipinski definition) is 24. The van der Waals surface area contributed by atoms with Crippen molar-refractivity contribution in [2.24, 2.45) is 5.90 Å². The molecule has 100 heavy (non-hydrogen) atoms. The predicted octanol–water partition coefficient (Wildman–Crippen LogP) is 11.0. The Balaban J connectivity index is 0.000000144. The van der Waals surface area contributed by atoms with Gasteiger partial charge in [-0.2, -0.15) is 0 Å². The van der Waals surface area contributed by atoms with Crippen LogP contribution in [-0.4, -0.2) is 133 Å². The molecule has 514 valence electrons. The molecule has 0 radical (unpaired) electrons. The number of aromatic carboxylic acids is 1. The molecule has 11 heterocycles. The lowest BCUT2D eigenvalue weighted by Crippen LogP contribution is -2.33. The Kier molecular flexibility index (Phi) is 22.7. The van der Waals surface area contributed by atoms with E-state index in [-0.39, 0.29) is 17.8 Å². The monoisotopic (exact) mass is 1360 g/mol. The number of pyridine rings is 3. The summed E-state index contributed by atoms with van der Waals surface area (Å²) in [6.07, 6.45) is 16.2. The molecular weight excluding hydrogens is 1280 g/mol. The van der Waals surface area contributed by atoms with Crippen LogP contribution in [-0.2, 0) is 19.1 Å². The molecule has 14 rings (SSSR count). The highest BCUT2D eigenvalue weighted by atomic mass is 16.8. The van der Waals surface area contributed by atoms with Crippen molar-refractivity contribution in [2.75, 3.05) is 50.5 Å². The second-order valence-electron chi connectivity index (χ2n) is 22.5. The average Bonchev–Trinajstić information content (AvgIpc) is 1.64. The first kappa shape index (κ1) is 69.3. The van der Waals surface area contributed by atoms with Crippen LogP contribution in [0.15, 0.2) is 165 Å². The first-order chi connectivity index (χ1) is 48.7. The standard InChI is InChI=1S/C25H26N6O4.C20H18N6O3.C20H17N5O3.C5H11NO2/c1-16-23(31-15-19(33-2)10-11-21(31)27-16)20-12-13-26-25(29-20)28-18-8-6-17(7-9-18)24(32)30-35-22-5-3-4-14-34-22;1-12-18(26-11-15(29-2)7-8-17(26)22-12)16-9-10-21-20(24-16)23-14-5-3-13(4-6-14)19(27)25-28;1-12-18(25-11-15(28-2)7-8-17(25)22-12)16-9-10-21-20(24-16)23-14-5-3-13(4-6-14)19(26)27;6-8-5-3-1-2-4-7-5/h6-13,15,22H,3-5,14H2,1-2H3,(H,30,32)(H,26,28,29);3-11,28H,1-2H3,(H,25,27)(H,21,23,24);3-11H,1-2H3,(H,26,27)(H,21,23,24);5H,1-4,6H2. The third kappa shape index (κ3) is 17.2. The minimum Gasteiger partial charge on any atom is -0.495 e. The van der Waals surface area contributed by atoms with Gasteiger partial charge in [0, 0.05) is 72.8 Å². The smallest absolute Gasteiger partial charge is 0.335 e. The van der Waals surface area contributed by atoms with Gasteiger partial charge in [-0.25, -0.2) is 71.3 Å². The highest BCUT2D eigenvalue weighted by Gasteiger charge is 2.20. The van der Waals surface area contributed by atoms with Gasteiger partial charge >= 0.3 is 5.97 Å². The molecule has 2 aliphatic rings. The number of amides is 2. The molecule has 30 heteroatoms. The van der Waals surface area contributed by atoms with Crippen molar-refractivity contribution in [1.29, 1.82) is 0 Å². The van der Waals surface area contributed by atoms with E-state index in [9.17, 15) is 14.4 Å². The van der Waals surface area contributed by atoms with Gasteiger partial charge in [-0.05, 0) is 174 Å². The number of rotatable bonds is 18. The van der Waals surface area contributed by atoms with Crippen LogP contribution in [0.2, 0.25) is 0 Å². The third-order valence-electron chi connectivity index (χ3n) is 15.7. The Bertz CT molecular complexity index is 4790. The Labute approximate surface area is 572 Å². The molecule has 2 fully saturated rings. The van der Waals surface area contributed by atoms with E-state index in [0.29, 0.717) is 58.3 Å². The van der Waals surface area contributed by atoms with Crippen molar-refractivity contribution in [1.82, 2.24) is 69.0 Å². The zero-order chi connectivity index (χ0) is 70.1. The number of imidazole rings is 3. The highest BCUT2D eigenvalue weighted by Crippen LogP contribution is 2.31. The number of carboxylic acids is 1. The zero-order valence-electron chi connectivity index (χ0n) is 55.3. The summed E-state index contributed by atoms with van der Waals surface area (Å²) < 4.78 is 32.4. The molecule has 9 N–H and O–H groups in total. The maximum Gasteiger partial charge on any atom is 0.335 e. The summed E-state index contributed by atoms with van der Waals surface area (Å²) in [6.45, 7) is 7.23. The lowest BCUT2D eigenvalue weighted by atomic mass is 10.2. The molecule has 2 unspecified atom stereocenters. The van der Waals surface area contributed by atoms with Crippen molar-refractivity contribution in [3.63, 3.8) is 0 Å². The first-order valence-corrected chi connectivity index (χ1v) is 31.6. The fourth-order valence-electron chi connectivity index (χ4n) is 10.7. The van der Waals surface area contributed by atoms with Gasteiger partial charge in [0.1, 0.15) is 34.2 Å². The molecule has 2 saturated heterocycles. The molecule has 2 amide bonds. The fraction of sp³-hybridized carbons (Fsp3) is 0.229. The van der Waals surface area contributed by atoms with Crippen LogP contribution in [0, 0.1) is 20.8 Å². The molecule has 12 aromatic rings. The van der Waals surface area contributed by atoms with Crippen LogP contribution in [0.3, 0.4) is 0 Å². The van der Waals surface area contributed by atoms with Crippen molar-refractivity contribution < 1.29 is 58.1 Å². The minimum absolute atomic E-state index is 0.135. The number of nitrogens with zero attached hydrogens (tertiary/aromatic N) is 12. The quantitative estimate of drug-likeness (QED) is 0.0292. The maximum atomic E-state index is 12.4. The SMILES string of the molecule is COc1ccc2nc(C)c(-c3ccnc(Nc4ccc(C(=O)NO)cc4)n3)n2c1.COc1ccc2nc(C)c(-c3ccnc(Nc4ccc(C(=O)NOC5CCCCO5)cc4)n3)n2c1.COc1ccc2nc(C)c(-c3ccnc(Nc4ccc(C(=O)O)cc4)n3)n2c1.NOC1CCCCO1. The molecule has 2 atom stereocenters. The first-order valence-electron chi connectivity index (χ1n) is 31.6. The Morgan fingerprint density at radius 1 is 0.470 bits per heavy atom. The number of carboxylic acid groups (broad SMARTS) is 1. The largest absolute Gasteiger partial charge is 0.495 e. The number of aromatic nitrogens is 12. The number of nitrogens with two attached hydrogens (primary N) is 1. The molecule has 9 aromatic heterocycles. The van der Waals surface area contributed by atoms with E-state index in [4.69, 9.17) is 44.7 Å². The van der Waals surface area contributed by atoms with Gasteiger partial charge in [0.05, 0.1) is 96.7 Å². The highest BCUT2D eigenvalue weighted by molar-refractivity contribution is 5.94. The number of aryl methyl sites for hydroxylation is 3. The van der Waals surface area contributed by atoms with Crippen molar-refractivity contribution in [2.45, 2.75) is 71.9 Å². The summed E-state index contributed by atoms with van der Waals surface area (Å²) in [4.78, 5) is 85.1. The van der Waals surface area contributed by atoms with Crippen LogP contribution >= 0.6 is 0 Å². The number of hydroxylamine groups is 2. The van der Waals surface area contributed by atoms with E-state index in [1.807, 2.05) is 107 Å². The maximum absolute atomic E-state index is 12.4. The second kappa shape index (κ2) is 32.8. The Hall–Kier alpha value is -12.1. The Morgan fingerprint density at radius 2 is 0.830 bits per heavy atom. The number of fused-ring (bicyclic) bond motifs is 3. The molecule has 2 aliphatic heterocycles. The van der Waals surface area contributed by atoms with E-state index in [1.165, 1.54) is 18.6 Å². The summed E-state index contributed by atoms with van der Waals surface area (Å²) in [6, 6.07) is 36.7. The normalized spacial score (nSPS) is 14.0. The van der Waals surface area contributed by atoms with Gasteiger partial charge in [-0.15, -0.1) is 0 Å². The van der Waals surface area contributed by atoms with Gasteiger partial charge < -0.3 is 44.7 Å². The van der Waals surface area contributed by atoms with Crippen molar-refractivity contribution >= 4 is 69.6 Å². The minimum atomic E-state index is -0.969. The number of ether oxygens (including phenoxy) is 5. The average molecular weight is 1360 g/mol. The lowest BCUT2D eigenvalue weighted by Gasteiger charge is -2.22. The number of anilines is 6.